The fourth-order valence-electron chi connectivity index (χ4n) is 3.24. The topological polar surface area (TPSA) is 85.3 Å². The van der Waals surface area contributed by atoms with Crippen LogP contribution in [-0.2, 0) is 6.42 Å². The Kier molecular flexibility index (Phi) is 5.49. The van der Waals surface area contributed by atoms with Crippen LogP contribution in [0.25, 0.3) is 16.8 Å². The van der Waals surface area contributed by atoms with E-state index in [1.54, 1.807) is 6.20 Å². The van der Waals surface area contributed by atoms with Crippen molar-refractivity contribution >= 4 is 11.4 Å². The predicted molar refractivity (Wildman–Crippen MR) is 118 cm³/mol. The zero-order valence-electron chi connectivity index (χ0n) is 16.1. The average molecular weight is 384 g/mol. The van der Waals surface area contributed by atoms with E-state index in [4.69, 9.17) is 16.2 Å². The molecule has 5 nitrogen and oxygen atoms in total. The van der Waals surface area contributed by atoms with Crippen molar-refractivity contribution in [3.05, 3.63) is 102 Å². The van der Waals surface area contributed by atoms with Gasteiger partial charge in [0.2, 0.25) is 0 Å². The van der Waals surface area contributed by atoms with Crippen LogP contribution in [0.3, 0.4) is 0 Å². The summed E-state index contributed by atoms with van der Waals surface area (Å²) < 4.78 is 6.23. The normalized spacial score (nSPS) is 13.0. The van der Waals surface area contributed by atoms with Crippen molar-refractivity contribution in [1.29, 1.82) is 0 Å². The summed E-state index contributed by atoms with van der Waals surface area (Å²) in [6.45, 7) is 0.640. The van der Waals surface area contributed by atoms with Gasteiger partial charge in [0.15, 0.2) is 0 Å². The molecular weight excluding hydrogens is 360 g/mol. The van der Waals surface area contributed by atoms with Gasteiger partial charge in [-0.25, -0.2) is 0 Å². The van der Waals surface area contributed by atoms with E-state index < -0.39 is 0 Å². The van der Waals surface area contributed by atoms with Gasteiger partial charge in [0.1, 0.15) is 11.5 Å². The number of rotatable bonds is 6. The zero-order chi connectivity index (χ0) is 20.1. The molecule has 0 fully saturated rings. The molecule has 3 aromatic rings. The van der Waals surface area contributed by atoms with Crippen LogP contribution in [0.1, 0.15) is 11.1 Å². The molecule has 1 heterocycles. The largest absolute Gasteiger partial charge is 0.455 e. The molecule has 0 aromatic heterocycles. The van der Waals surface area contributed by atoms with Crippen molar-refractivity contribution in [3.8, 4) is 16.9 Å². The number of nitrogens with one attached hydrogen (secondary N) is 2. The third-order valence-corrected chi connectivity index (χ3v) is 4.72. The van der Waals surface area contributed by atoms with Crippen LogP contribution < -0.4 is 27.1 Å². The van der Waals surface area contributed by atoms with Crippen LogP contribution in [0.2, 0.25) is 0 Å². The van der Waals surface area contributed by atoms with Gasteiger partial charge in [-0.3, -0.25) is 0 Å². The minimum Gasteiger partial charge on any atom is -0.455 e. The Labute approximate surface area is 170 Å². The summed E-state index contributed by atoms with van der Waals surface area (Å²) in [7, 11) is 0. The van der Waals surface area contributed by atoms with E-state index in [9.17, 15) is 0 Å². The zero-order valence-corrected chi connectivity index (χ0v) is 16.1. The summed E-state index contributed by atoms with van der Waals surface area (Å²) in [4.78, 5) is 0. The summed E-state index contributed by atoms with van der Waals surface area (Å²) in [5, 5.41) is 0. The number of benzene rings is 3. The molecule has 1 aliphatic rings. The molecule has 0 spiro atoms. The molecule has 0 radical (unpaired) electrons. The van der Waals surface area contributed by atoms with Crippen LogP contribution in [0.4, 0.5) is 5.69 Å². The lowest BCUT2D eigenvalue weighted by molar-refractivity contribution is 0.436. The monoisotopic (exact) mass is 384 g/mol. The molecule has 146 valence electrons. The minimum absolute atomic E-state index is 0.640. The highest BCUT2D eigenvalue weighted by atomic mass is 16.5. The highest BCUT2D eigenvalue weighted by Gasteiger charge is 2.12. The lowest BCUT2D eigenvalue weighted by Gasteiger charge is -2.19. The highest BCUT2D eigenvalue weighted by molar-refractivity contribution is 5.74. The standard InChI is InChI=1S/C24H24N4O/c25-13-12-17-6-8-18(9-7-17)22-11-10-20(26)14-24(22)29-21-15-23(28-27-16-21)19-4-2-1-3-5-19/h1-11,14-16,27-28H,12-13,25-26H2. The van der Waals surface area contributed by atoms with E-state index >= 15 is 0 Å². The van der Waals surface area contributed by atoms with Crippen LogP contribution >= 0.6 is 0 Å². The Morgan fingerprint density at radius 1 is 0.862 bits per heavy atom. The Morgan fingerprint density at radius 2 is 1.66 bits per heavy atom. The smallest absolute Gasteiger partial charge is 0.147 e. The van der Waals surface area contributed by atoms with Crippen molar-refractivity contribution in [2.45, 2.75) is 6.42 Å². The second-order valence-corrected chi connectivity index (χ2v) is 6.83. The fourth-order valence-corrected chi connectivity index (χ4v) is 3.24. The van der Waals surface area contributed by atoms with E-state index in [0.29, 0.717) is 23.7 Å². The predicted octanol–water partition coefficient (Wildman–Crippen LogP) is 3.81. The molecule has 3 aromatic carbocycles. The van der Waals surface area contributed by atoms with Gasteiger partial charge in [-0.05, 0) is 41.8 Å². The number of hydrogen-bond acceptors (Lipinski definition) is 5. The van der Waals surface area contributed by atoms with Gasteiger partial charge in [0.05, 0.1) is 11.9 Å². The van der Waals surface area contributed by atoms with Gasteiger partial charge in [-0.2, -0.15) is 0 Å². The van der Waals surface area contributed by atoms with Crippen molar-refractivity contribution in [1.82, 2.24) is 10.9 Å². The maximum Gasteiger partial charge on any atom is 0.147 e. The Bertz CT molecular complexity index is 1040. The molecule has 0 unspecified atom stereocenters. The SMILES string of the molecule is NCCc1ccc(-c2ccc(N)cc2OC2=CNNC(c3ccccc3)=C2)cc1. The summed E-state index contributed by atoms with van der Waals surface area (Å²) in [5.41, 5.74) is 23.8. The molecule has 0 saturated carbocycles. The molecule has 5 heteroatoms. The van der Waals surface area contributed by atoms with Crippen molar-refractivity contribution in [3.63, 3.8) is 0 Å². The lowest BCUT2D eigenvalue weighted by Crippen LogP contribution is -2.29. The summed E-state index contributed by atoms with van der Waals surface area (Å²) in [5.74, 6) is 1.39. The molecule has 0 aliphatic carbocycles. The number of hydrogen-bond donors (Lipinski definition) is 4. The van der Waals surface area contributed by atoms with E-state index in [1.807, 2.05) is 54.6 Å². The number of ether oxygens (including phenoxy) is 1. The Balaban J connectivity index is 1.63. The first-order valence-corrected chi connectivity index (χ1v) is 9.58. The number of hydrazine groups is 1. The van der Waals surface area contributed by atoms with Crippen LogP contribution in [0.5, 0.6) is 5.75 Å². The third kappa shape index (κ3) is 4.42. The molecule has 0 amide bonds. The van der Waals surface area contributed by atoms with Gasteiger partial charge in [-0.15, -0.1) is 0 Å². The first-order chi connectivity index (χ1) is 14.2. The maximum atomic E-state index is 6.23. The molecule has 4 rings (SSSR count). The van der Waals surface area contributed by atoms with Gasteiger partial charge in [0.25, 0.3) is 0 Å². The molecular formula is C24H24N4O. The Morgan fingerprint density at radius 3 is 2.41 bits per heavy atom. The van der Waals surface area contributed by atoms with Crippen molar-refractivity contribution in [2.75, 3.05) is 12.3 Å². The molecule has 0 saturated heterocycles. The molecule has 6 N–H and O–H groups in total. The summed E-state index contributed by atoms with van der Waals surface area (Å²) >= 11 is 0. The molecule has 0 bridgehead atoms. The first-order valence-electron chi connectivity index (χ1n) is 9.58. The van der Waals surface area contributed by atoms with Gasteiger partial charge in [-0.1, -0.05) is 54.6 Å². The molecule has 1 aliphatic heterocycles. The van der Waals surface area contributed by atoms with Crippen molar-refractivity contribution < 1.29 is 4.74 Å². The van der Waals surface area contributed by atoms with E-state index in [-0.39, 0.29) is 0 Å². The number of anilines is 1. The lowest BCUT2D eigenvalue weighted by atomic mass is 10.0. The second-order valence-electron chi connectivity index (χ2n) is 6.83. The molecule has 29 heavy (non-hydrogen) atoms. The van der Waals surface area contributed by atoms with Crippen LogP contribution in [0.15, 0.2) is 90.8 Å². The molecule has 0 atom stereocenters. The number of allylic oxidation sites excluding steroid dienone is 1. The van der Waals surface area contributed by atoms with Crippen molar-refractivity contribution in [2.24, 2.45) is 5.73 Å². The minimum atomic E-state index is 0.640. The maximum absolute atomic E-state index is 6.23. The third-order valence-electron chi connectivity index (χ3n) is 4.72. The van der Waals surface area contributed by atoms with Crippen LogP contribution in [-0.4, -0.2) is 6.54 Å². The fraction of sp³-hybridized carbons (Fsp3) is 0.0833. The van der Waals surface area contributed by atoms with Gasteiger partial charge < -0.3 is 27.1 Å². The van der Waals surface area contributed by atoms with E-state index in [1.165, 1.54) is 5.56 Å². The first kappa shape index (κ1) is 18.7. The Hall–Kier alpha value is -3.70. The average Bonchev–Trinajstić information content (AvgIpc) is 2.76. The van der Waals surface area contributed by atoms with E-state index in [2.05, 4.69) is 35.1 Å². The summed E-state index contributed by atoms with van der Waals surface area (Å²) in [6.07, 6.45) is 4.61. The second kappa shape index (κ2) is 8.54. The number of nitrogens with two attached hydrogens (primary N) is 2. The van der Waals surface area contributed by atoms with E-state index in [0.717, 1.165) is 28.8 Å². The van der Waals surface area contributed by atoms with Gasteiger partial charge >= 0.3 is 0 Å². The summed E-state index contributed by atoms with van der Waals surface area (Å²) in [6, 6.07) is 24.2. The highest BCUT2D eigenvalue weighted by Crippen LogP contribution is 2.34. The van der Waals surface area contributed by atoms with Gasteiger partial charge in [0, 0.05) is 23.4 Å². The van der Waals surface area contributed by atoms with Crippen LogP contribution in [0, 0.1) is 0 Å². The quantitative estimate of drug-likeness (QED) is 0.486. The number of nitrogen functional groups attached to an aromatic ring is 1.